The van der Waals surface area contributed by atoms with E-state index >= 15 is 0 Å². The third kappa shape index (κ3) is 6.81. The van der Waals surface area contributed by atoms with Gasteiger partial charge in [0.1, 0.15) is 18.3 Å². The summed E-state index contributed by atoms with van der Waals surface area (Å²) in [6.45, 7) is 5.73. The number of carbonyl (C=O) groups excluding carboxylic acids is 3. The van der Waals surface area contributed by atoms with Crippen molar-refractivity contribution in [3.8, 4) is 0 Å². The predicted octanol–water partition coefficient (Wildman–Crippen LogP) is 2.95. The number of benzene rings is 1. The molecule has 24 heavy (non-hydrogen) atoms. The molecule has 0 aliphatic rings. The molecule has 0 aliphatic carbocycles. The Morgan fingerprint density at radius 3 is 1.79 bits per heavy atom. The van der Waals surface area contributed by atoms with Crippen LogP contribution in [-0.2, 0) is 28.6 Å². The largest absolute Gasteiger partial charge is 0.459 e. The van der Waals surface area contributed by atoms with Crippen molar-refractivity contribution in [1.29, 1.82) is 0 Å². The van der Waals surface area contributed by atoms with E-state index in [9.17, 15) is 14.4 Å². The lowest BCUT2D eigenvalue weighted by atomic mass is 9.99. The first kappa shape index (κ1) is 19.7. The molecule has 0 aliphatic heterocycles. The van der Waals surface area contributed by atoms with Crippen LogP contribution in [0.5, 0.6) is 0 Å². The lowest BCUT2D eigenvalue weighted by Gasteiger charge is -2.28. The van der Waals surface area contributed by atoms with Crippen LogP contribution in [0.1, 0.15) is 52.2 Å². The lowest BCUT2D eigenvalue weighted by molar-refractivity contribution is -0.170. The second-order valence-corrected chi connectivity index (χ2v) is 5.45. The zero-order valence-electron chi connectivity index (χ0n) is 14.5. The first-order chi connectivity index (χ1) is 11.3. The molecule has 3 atom stereocenters. The van der Waals surface area contributed by atoms with Crippen LogP contribution in [0.2, 0.25) is 0 Å². The maximum atomic E-state index is 11.4. The first-order valence-electron chi connectivity index (χ1n) is 7.90. The summed E-state index contributed by atoms with van der Waals surface area (Å²) in [5.41, 5.74) is 0.780. The molecular weight excluding hydrogens is 312 g/mol. The van der Waals surface area contributed by atoms with E-state index in [4.69, 9.17) is 14.2 Å². The van der Waals surface area contributed by atoms with Crippen molar-refractivity contribution in [2.75, 3.05) is 0 Å². The summed E-state index contributed by atoms with van der Waals surface area (Å²) in [6.07, 6.45) is -1.24. The third-order valence-electron chi connectivity index (χ3n) is 3.38. The van der Waals surface area contributed by atoms with Crippen molar-refractivity contribution in [3.05, 3.63) is 35.9 Å². The van der Waals surface area contributed by atoms with E-state index in [1.54, 1.807) is 0 Å². The second-order valence-electron chi connectivity index (χ2n) is 5.45. The van der Waals surface area contributed by atoms with Crippen molar-refractivity contribution in [2.45, 2.75) is 58.8 Å². The fraction of sp³-hybridized carbons (Fsp3) is 0.500. The highest BCUT2D eigenvalue weighted by atomic mass is 16.6. The van der Waals surface area contributed by atoms with Crippen LogP contribution in [0.25, 0.3) is 0 Å². The van der Waals surface area contributed by atoms with Gasteiger partial charge in [0, 0.05) is 27.2 Å². The van der Waals surface area contributed by atoms with Crippen LogP contribution in [0.4, 0.5) is 0 Å². The van der Waals surface area contributed by atoms with Gasteiger partial charge in [-0.05, 0) is 12.0 Å². The number of ether oxygens (including phenoxy) is 3. The second kappa shape index (κ2) is 9.70. The highest BCUT2D eigenvalue weighted by molar-refractivity contribution is 5.67. The monoisotopic (exact) mass is 336 g/mol. The minimum Gasteiger partial charge on any atom is -0.459 e. The normalized spacial score (nSPS) is 14.2. The maximum Gasteiger partial charge on any atom is 0.303 e. The molecule has 6 heteroatoms. The summed E-state index contributed by atoms with van der Waals surface area (Å²) in [4.78, 5) is 34.2. The Hall–Kier alpha value is -2.37. The SMILES string of the molecule is CC[C@@H](OC(C)=O)[C@H](C[C@@H](OC(C)=O)c1ccccc1)OC(C)=O. The molecule has 0 aromatic heterocycles. The molecule has 0 fully saturated rings. The summed E-state index contributed by atoms with van der Waals surface area (Å²) < 4.78 is 16.0. The molecule has 0 saturated carbocycles. The zero-order valence-corrected chi connectivity index (χ0v) is 14.5. The van der Waals surface area contributed by atoms with E-state index in [0.29, 0.717) is 6.42 Å². The van der Waals surface area contributed by atoms with Gasteiger partial charge in [-0.2, -0.15) is 0 Å². The van der Waals surface area contributed by atoms with Crippen LogP contribution in [0.3, 0.4) is 0 Å². The summed E-state index contributed by atoms with van der Waals surface area (Å²) in [5, 5.41) is 0. The van der Waals surface area contributed by atoms with Crippen molar-refractivity contribution < 1.29 is 28.6 Å². The van der Waals surface area contributed by atoms with Crippen LogP contribution in [0, 0.1) is 0 Å². The fourth-order valence-electron chi connectivity index (χ4n) is 2.46. The number of rotatable bonds is 8. The molecular formula is C18H24O6. The predicted molar refractivity (Wildman–Crippen MR) is 87.0 cm³/mol. The van der Waals surface area contributed by atoms with Gasteiger partial charge in [-0.3, -0.25) is 14.4 Å². The quantitative estimate of drug-likeness (QED) is 0.536. The topological polar surface area (TPSA) is 78.9 Å². The van der Waals surface area contributed by atoms with Gasteiger partial charge in [0.15, 0.2) is 0 Å². The van der Waals surface area contributed by atoms with E-state index < -0.39 is 36.2 Å². The minimum absolute atomic E-state index is 0.203. The van der Waals surface area contributed by atoms with Crippen molar-refractivity contribution >= 4 is 17.9 Å². The minimum atomic E-state index is -0.707. The molecule has 0 spiro atoms. The van der Waals surface area contributed by atoms with Crippen molar-refractivity contribution in [1.82, 2.24) is 0 Å². The van der Waals surface area contributed by atoms with Crippen LogP contribution < -0.4 is 0 Å². The Labute approximate surface area is 142 Å². The smallest absolute Gasteiger partial charge is 0.303 e. The Morgan fingerprint density at radius 2 is 1.33 bits per heavy atom. The van der Waals surface area contributed by atoms with Crippen molar-refractivity contribution in [3.63, 3.8) is 0 Å². The molecule has 0 bridgehead atoms. The summed E-state index contributed by atoms with van der Waals surface area (Å²) in [6, 6.07) is 9.16. The highest BCUT2D eigenvalue weighted by Gasteiger charge is 2.30. The molecule has 0 unspecified atom stereocenters. The molecule has 6 nitrogen and oxygen atoms in total. The number of hydrogen-bond acceptors (Lipinski definition) is 6. The van der Waals surface area contributed by atoms with Gasteiger partial charge in [0.2, 0.25) is 0 Å². The average molecular weight is 336 g/mol. The summed E-state index contributed by atoms with van der Waals surface area (Å²) in [7, 11) is 0. The Balaban J connectivity index is 3.03. The van der Waals surface area contributed by atoms with E-state index in [1.165, 1.54) is 20.8 Å². The van der Waals surface area contributed by atoms with Crippen molar-refractivity contribution in [2.24, 2.45) is 0 Å². The summed E-state index contributed by atoms with van der Waals surface area (Å²) >= 11 is 0. The van der Waals surface area contributed by atoms with Gasteiger partial charge in [-0.1, -0.05) is 37.3 Å². The van der Waals surface area contributed by atoms with Gasteiger partial charge in [0.05, 0.1) is 0 Å². The molecule has 1 rings (SSSR count). The van der Waals surface area contributed by atoms with E-state index in [2.05, 4.69) is 0 Å². The zero-order chi connectivity index (χ0) is 18.1. The molecule has 0 heterocycles. The van der Waals surface area contributed by atoms with E-state index in [1.807, 2.05) is 37.3 Å². The van der Waals surface area contributed by atoms with E-state index in [-0.39, 0.29) is 6.42 Å². The van der Waals surface area contributed by atoms with Gasteiger partial charge >= 0.3 is 17.9 Å². The molecule has 0 radical (unpaired) electrons. The Kier molecular flexibility index (Phi) is 7.95. The number of esters is 3. The molecule has 1 aromatic rings. The first-order valence-corrected chi connectivity index (χ1v) is 7.90. The van der Waals surface area contributed by atoms with Crippen LogP contribution >= 0.6 is 0 Å². The Bertz CT molecular complexity index is 554. The highest BCUT2D eigenvalue weighted by Crippen LogP contribution is 2.27. The maximum absolute atomic E-state index is 11.4. The van der Waals surface area contributed by atoms with Gasteiger partial charge in [0.25, 0.3) is 0 Å². The fourth-order valence-corrected chi connectivity index (χ4v) is 2.46. The van der Waals surface area contributed by atoms with Gasteiger partial charge < -0.3 is 14.2 Å². The summed E-state index contributed by atoms with van der Waals surface area (Å²) in [5.74, 6) is -1.38. The number of carbonyl (C=O) groups is 3. The van der Waals surface area contributed by atoms with Crippen LogP contribution in [-0.4, -0.2) is 30.1 Å². The van der Waals surface area contributed by atoms with Gasteiger partial charge in [-0.25, -0.2) is 0 Å². The average Bonchev–Trinajstić information content (AvgIpc) is 2.51. The molecule has 0 saturated heterocycles. The van der Waals surface area contributed by atoms with E-state index in [0.717, 1.165) is 5.56 Å². The molecule has 132 valence electrons. The van der Waals surface area contributed by atoms with Crippen LogP contribution in [0.15, 0.2) is 30.3 Å². The molecule has 0 N–H and O–H groups in total. The van der Waals surface area contributed by atoms with Gasteiger partial charge in [-0.15, -0.1) is 0 Å². The molecule has 0 amide bonds. The molecule has 1 aromatic carbocycles. The Morgan fingerprint density at radius 1 is 0.833 bits per heavy atom. The standard InChI is InChI=1S/C18H24O6/c1-5-16(22-12(2)19)18(24-14(4)21)11-17(23-13(3)20)15-9-7-6-8-10-15/h6-10,16-18H,5,11H2,1-4H3/t16-,17-,18+/m1/s1. The third-order valence-corrected chi connectivity index (χ3v) is 3.38. The lowest BCUT2D eigenvalue weighted by Crippen LogP contribution is -2.36. The number of hydrogen-bond donors (Lipinski definition) is 0.